The van der Waals surface area contributed by atoms with Crippen molar-refractivity contribution in [3.63, 3.8) is 0 Å². The fourth-order valence-electron chi connectivity index (χ4n) is 1.50. The van der Waals surface area contributed by atoms with Crippen molar-refractivity contribution in [1.29, 1.82) is 0 Å². The molecule has 0 aromatic carbocycles. The van der Waals surface area contributed by atoms with E-state index in [9.17, 15) is 4.79 Å². The van der Waals surface area contributed by atoms with Crippen LogP contribution < -0.4 is 0 Å². The van der Waals surface area contributed by atoms with E-state index in [1.54, 1.807) is 11.8 Å². The summed E-state index contributed by atoms with van der Waals surface area (Å²) in [6, 6.07) is 4.17. The highest BCUT2D eigenvalue weighted by Gasteiger charge is 2.01. The third-order valence-electron chi connectivity index (χ3n) is 2.32. The van der Waals surface area contributed by atoms with Gasteiger partial charge in [0.2, 0.25) is 0 Å². The molecule has 0 saturated carbocycles. The van der Waals surface area contributed by atoms with Gasteiger partial charge in [0.1, 0.15) is 5.78 Å². The highest BCUT2D eigenvalue weighted by Crippen LogP contribution is 2.19. The summed E-state index contributed by atoms with van der Waals surface area (Å²) in [4.78, 5) is 15.6. The molecule has 1 aromatic heterocycles. The number of Topliss-reactive ketones (excluding diaryl/α,β-unsaturated/α-hetero) is 1. The van der Waals surface area contributed by atoms with E-state index in [0.717, 1.165) is 22.9 Å². The molecule has 0 atom stereocenters. The number of pyridine rings is 1. The molecular formula is C13H19NOS. The third-order valence-corrected chi connectivity index (χ3v) is 3.32. The summed E-state index contributed by atoms with van der Waals surface area (Å²) in [6.07, 6.45) is 2.31. The van der Waals surface area contributed by atoms with E-state index in [2.05, 4.69) is 24.0 Å². The number of hydrogen-bond acceptors (Lipinski definition) is 3. The Bertz CT molecular complexity index is 343. The fourth-order valence-corrected chi connectivity index (χ4v) is 2.48. The third kappa shape index (κ3) is 4.79. The van der Waals surface area contributed by atoms with E-state index < -0.39 is 0 Å². The molecule has 0 amide bonds. The molecular weight excluding hydrogens is 218 g/mol. The zero-order valence-corrected chi connectivity index (χ0v) is 11.1. The number of nitrogens with zero attached hydrogens (tertiary/aromatic N) is 1. The average molecular weight is 237 g/mol. The van der Waals surface area contributed by atoms with E-state index in [-0.39, 0.29) is 0 Å². The minimum atomic E-state index is 0.356. The molecule has 0 N–H and O–H groups in total. The summed E-state index contributed by atoms with van der Waals surface area (Å²) in [5.41, 5.74) is 2.31. The Kier molecular flexibility index (Phi) is 5.53. The van der Waals surface area contributed by atoms with Crippen LogP contribution in [0.5, 0.6) is 0 Å². The monoisotopic (exact) mass is 237 g/mol. The number of aryl methyl sites for hydroxylation is 2. The highest BCUT2D eigenvalue weighted by atomic mass is 32.2. The van der Waals surface area contributed by atoms with Gasteiger partial charge in [-0.25, -0.2) is 4.98 Å². The summed E-state index contributed by atoms with van der Waals surface area (Å²) in [5.74, 6) is 1.33. The first kappa shape index (κ1) is 13.2. The molecule has 1 rings (SSSR count). The van der Waals surface area contributed by atoms with Gasteiger partial charge in [-0.2, -0.15) is 0 Å². The molecule has 3 heteroatoms. The Labute approximate surface area is 102 Å². The minimum Gasteiger partial charge on any atom is -0.300 e. The lowest BCUT2D eigenvalue weighted by atomic mass is 10.2. The van der Waals surface area contributed by atoms with E-state index in [1.165, 1.54) is 5.56 Å². The lowest BCUT2D eigenvalue weighted by Gasteiger charge is -2.03. The summed E-state index contributed by atoms with van der Waals surface area (Å²) < 4.78 is 0. The second-order valence-electron chi connectivity index (χ2n) is 3.97. The van der Waals surface area contributed by atoms with Crippen molar-refractivity contribution in [1.82, 2.24) is 4.98 Å². The molecule has 0 bridgehead atoms. The molecule has 16 heavy (non-hydrogen) atoms. The van der Waals surface area contributed by atoms with Crippen molar-refractivity contribution < 1.29 is 4.79 Å². The van der Waals surface area contributed by atoms with Gasteiger partial charge in [0, 0.05) is 18.5 Å². The van der Waals surface area contributed by atoms with Gasteiger partial charge in [-0.3, -0.25) is 4.79 Å². The predicted octanol–water partition coefficient (Wildman–Crippen LogP) is 3.55. The molecule has 0 aliphatic heterocycles. The van der Waals surface area contributed by atoms with Gasteiger partial charge in [0.15, 0.2) is 0 Å². The zero-order chi connectivity index (χ0) is 12.0. The molecule has 1 heterocycles. The maximum Gasteiger partial charge on any atom is 0.132 e. The molecule has 0 aliphatic carbocycles. The summed E-state index contributed by atoms with van der Waals surface area (Å²) in [6.45, 7) is 6.01. The molecule has 0 spiro atoms. The number of ketones is 1. The SMILES string of the molecule is CCC(=O)CCCSc1cc(C)cc(C)n1. The lowest BCUT2D eigenvalue weighted by molar-refractivity contribution is -0.118. The second kappa shape index (κ2) is 6.69. The quantitative estimate of drug-likeness (QED) is 0.560. The molecule has 0 unspecified atom stereocenters. The van der Waals surface area contributed by atoms with E-state index in [1.807, 2.05) is 13.8 Å². The lowest BCUT2D eigenvalue weighted by Crippen LogP contribution is -1.96. The molecule has 1 aromatic rings. The Morgan fingerprint density at radius 2 is 2.12 bits per heavy atom. The van der Waals surface area contributed by atoms with Crippen molar-refractivity contribution in [3.8, 4) is 0 Å². The van der Waals surface area contributed by atoms with Gasteiger partial charge >= 0.3 is 0 Å². The van der Waals surface area contributed by atoms with Gasteiger partial charge in [-0.1, -0.05) is 6.92 Å². The van der Waals surface area contributed by atoms with Crippen LogP contribution >= 0.6 is 11.8 Å². The van der Waals surface area contributed by atoms with Crippen LogP contribution in [0.1, 0.15) is 37.4 Å². The Hall–Kier alpha value is -0.830. The Morgan fingerprint density at radius 3 is 2.75 bits per heavy atom. The smallest absolute Gasteiger partial charge is 0.132 e. The van der Waals surface area contributed by atoms with Crippen LogP contribution in [0.3, 0.4) is 0 Å². The first-order valence-electron chi connectivity index (χ1n) is 5.71. The van der Waals surface area contributed by atoms with Gasteiger partial charge in [0.25, 0.3) is 0 Å². The van der Waals surface area contributed by atoms with Gasteiger partial charge in [-0.05, 0) is 43.7 Å². The highest BCUT2D eigenvalue weighted by molar-refractivity contribution is 7.99. The number of hydrogen-bond donors (Lipinski definition) is 0. The number of carbonyl (C=O) groups excluding carboxylic acids is 1. The number of thioether (sulfide) groups is 1. The first-order chi connectivity index (χ1) is 7.61. The van der Waals surface area contributed by atoms with Crippen molar-refractivity contribution in [2.24, 2.45) is 0 Å². The molecule has 0 radical (unpaired) electrons. The molecule has 2 nitrogen and oxygen atoms in total. The summed E-state index contributed by atoms with van der Waals surface area (Å²) in [5, 5.41) is 1.07. The average Bonchev–Trinajstić information content (AvgIpc) is 2.22. The minimum absolute atomic E-state index is 0.356. The molecule has 0 aliphatic rings. The van der Waals surface area contributed by atoms with Crippen LogP contribution in [0, 0.1) is 13.8 Å². The summed E-state index contributed by atoms with van der Waals surface area (Å²) in [7, 11) is 0. The van der Waals surface area contributed by atoms with E-state index >= 15 is 0 Å². The van der Waals surface area contributed by atoms with Gasteiger partial charge in [0.05, 0.1) is 5.03 Å². The summed E-state index contributed by atoms with van der Waals surface area (Å²) >= 11 is 1.74. The van der Waals surface area contributed by atoms with Crippen LogP contribution in [-0.4, -0.2) is 16.5 Å². The fraction of sp³-hybridized carbons (Fsp3) is 0.538. The maximum absolute atomic E-state index is 11.1. The normalized spacial score (nSPS) is 10.4. The first-order valence-corrected chi connectivity index (χ1v) is 6.70. The van der Waals surface area contributed by atoms with Crippen molar-refractivity contribution in [2.45, 2.75) is 45.1 Å². The molecule has 0 fully saturated rings. The number of rotatable bonds is 6. The van der Waals surface area contributed by atoms with Crippen molar-refractivity contribution in [3.05, 3.63) is 23.4 Å². The van der Waals surface area contributed by atoms with Crippen LogP contribution in [0.25, 0.3) is 0 Å². The second-order valence-corrected chi connectivity index (χ2v) is 5.08. The van der Waals surface area contributed by atoms with Crippen LogP contribution in [0.2, 0.25) is 0 Å². The largest absolute Gasteiger partial charge is 0.300 e. The molecule has 0 saturated heterocycles. The van der Waals surface area contributed by atoms with Crippen molar-refractivity contribution in [2.75, 3.05) is 5.75 Å². The van der Waals surface area contributed by atoms with Crippen LogP contribution in [0.15, 0.2) is 17.2 Å². The Morgan fingerprint density at radius 1 is 1.38 bits per heavy atom. The van der Waals surface area contributed by atoms with Crippen LogP contribution in [-0.2, 0) is 4.79 Å². The van der Waals surface area contributed by atoms with E-state index in [0.29, 0.717) is 18.6 Å². The topological polar surface area (TPSA) is 30.0 Å². The standard InChI is InChI=1S/C13H19NOS/c1-4-12(15)6-5-7-16-13-9-10(2)8-11(3)14-13/h8-9H,4-7H2,1-3H3. The van der Waals surface area contributed by atoms with Gasteiger partial charge < -0.3 is 0 Å². The number of aromatic nitrogens is 1. The molecule has 88 valence electrons. The van der Waals surface area contributed by atoms with Gasteiger partial charge in [-0.15, -0.1) is 11.8 Å². The predicted molar refractivity (Wildman–Crippen MR) is 69.0 cm³/mol. The maximum atomic E-state index is 11.1. The Balaban J connectivity index is 2.34. The van der Waals surface area contributed by atoms with Crippen molar-refractivity contribution >= 4 is 17.5 Å². The zero-order valence-electron chi connectivity index (χ0n) is 10.2. The number of carbonyl (C=O) groups is 1. The van der Waals surface area contributed by atoms with E-state index in [4.69, 9.17) is 0 Å². The van der Waals surface area contributed by atoms with Crippen LogP contribution in [0.4, 0.5) is 0 Å².